The maximum absolute atomic E-state index is 12.1. The van der Waals surface area contributed by atoms with Gasteiger partial charge < -0.3 is 19.3 Å². The molecule has 3 aromatic rings. The molecule has 0 fully saturated rings. The van der Waals surface area contributed by atoms with Gasteiger partial charge in [0.15, 0.2) is 5.76 Å². The van der Waals surface area contributed by atoms with Crippen LogP contribution in [0.1, 0.15) is 18.1 Å². The van der Waals surface area contributed by atoms with Gasteiger partial charge in [-0.25, -0.2) is 4.79 Å². The Labute approximate surface area is 167 Å². The molecule has 0 aliphatic heterocycles. The molecule has 1 N–H and O–H groups in total. The summed E-state index contributed by atoms with van der Waals surface area (Å²) in [5.41, 5.74) is 5.28. The molecule has 0 bridgehead atoms. The van der Waals surface area contributed by atoms with E-state index in [9.17, 15) is 9.59 Å². The first-order chi connectivity index (χ1) is 14.1. The first kappa shape index (κ1) is 18.7. The second kappa shape index (κ2) is 7.79. The molecule has 0 atom stereocenters. The number of rotatable bonds is 4. The van der Waals surface area contributed by atoms with Crippen LogP contribution in [0.2, 0.25) is 0 Å². The fourth-order valence-corrected chi connectivity index (χ4v) is 3.53. The summed E-state index contributed by atoms with van der Waals surface area (Å²) in [4.78, 5) is 23.7. The van der Waals surface area contributed by atoms with Gasteiger partial charge in [-0.2, -0.15) is 0 Å². The van der Waals surface area contributed by atoms with Crippen molar-refractivity contribution in [3.8, 4) is 28.3 Å². The van der Waals surface area contributed by atoms with Crippen LogP contribution in [0.4, 0.5) is 5.69 Å². The number of aryl methyl sites for hydroxylation is 1. The number of hydrogen-bond donors (Lipinski definition) is 1. The number of esters is 1. The molecule has 1 aromatic heterocycles. The number of aromatic nitrogens is 1. The largest absolute Gasteiger partial charge is 0.495 e. The predicted molar refractivity (Wildman–Crippen MR) is 107 cm³/mol. The zero-order valence-corrected chi connectivity index (χ0v) is 16.2. The predicted octanol–water partition coefficient (Wildman–Crippen LogP) is 3.62. The Morgan fingerprint density at radius 3 is 2.79 bits per heavy atom. The molecule has 1 heterocycles. The molecule has 4 rings (SSSR count). The van der Waals surface area contributed by atoms with Gasteiger partial charge in [0.1, 0.15) is 11.4 Å². The van der Waals surface area contributed by atoms with Crippen molar-refractivity contribution in [2.24, 2.45) is 0 Å². The number of ether oxygens (including phenoxy) is 2. The van der Waals surface area contributed by atoms with Crippen LogP contribution in [0.5, 0.6) is 5.75 Å². The van der Waals surface area contributed by atoms with Crippen LogP contribution in [0.3, 0.4) is 0 Å². The Hall–Kier alpha value is -3.61. The summed E-state index contributed by atoms with van der Waals surface area (Å²) in [6, 6.07) is 13.4. The zero-order valence-electron chi connectivity index (χ0n) is 16.2. The topological polar surface area (TPSA) is 90.7 Å². The van der Waals surface area contributed by atoms with E-state index >= 15 is 0 Å². The third-order valence-corrected chi connectivity index (χ3v) is 4.88. The van der Waals surface area contributed by atoms with Crippen molar-refractivity contribution in [2.75, 3.05) is 19.0 Å². The number of methoxy groups -OCH3 is 1. The van der Waals surface area contributed by atoms with Crippen LogP contribution >= 0.6 is 0 Å². The highest BCUT2D eigenvalue weighted by molar-refractivity contribution is 6.37. The number of hydrogen-bond acceptors (Lipinski definition) is 6. The minimum absolute atomic E-state index is 0.120. The molecular weight excluding hydrogens is 372 g/mol. The molecule has 2 aromatic carbocycles. The van der Waals surface area contributed by atoms with E-state index in [4.69, 9.17) is 14.0 Å². The van der Waals surface area contributed by atoms with E-state index in [1.165, 1.54) is 12.7 Å². The summed E-state index contributed by atoms with van der Waals surface area (Å²) in [6.45, 7) is 1.76. The van der Waals surface area contributed by atoms with Crippen LogP contribution in [-0.4, -0.2) is 30.7 Å². The third-order valence-electron chi connectivity index (χ3n) is 4.88. The zero-order chi connectivity index (χ0) is 20.4. The van der Waals surface area contributed by atoms with Gasteiger partial charge in [-0.05, 0) is 43.5 Å². The van der Waals surface area contributed by atoms with Crippen LogP contribution in [-0.2, 0) is 27.2 Å². The SMILES string of the molecule is CCOC(=O)C(=O)Nc1cc(-c2onc3c2CCc2ccccc2-3)ccc1OC. The molecule has 1 aliphatic carbocycles. The Balaban J connectivity index is 1.70. The van der Waals surface area contributed by atoms with Crippen LogP contribution in [0.25, 0.3) is 22.6 Å². The van der Waals surface area contributed by atoms with Crippen molar-refractivity contribution >= 4 is 17.6 Å². The van der Waals surface area contributed by atoms with E-state index in [0.29, 0.717) is 17.2 Å². The number of fused-ring (bicyclic) bond motifs is 3. The van der Waals surface area contributed by atoms with Crippen molar-refractivity contribution in [1.82, 2.24) is 5.16 Å². The van der Waals surface area contributed by atoms with E-state index in [2.05, 4.69) is 16.5 Å². The Morgan fingerprint density at radius 1 is 1.17 bits per heavy atom. The molecule has 1 aliphatic rings. The number of benzene rings is 2. The van der Waals surface area contributed by atoms with Gasteiger partial charge in [0.25, 0.3) is 0 Å². The van der Waals surface area contributed by atoms with Crippen molar-refractivity contribution < 1.29 is 23.6 Å². The van der Waals surface area contributed by atoms with Crippen LogP contribution in [0, 0.1) is 0 Å². The molecule has 148 valence electrons. The minimum atomic E-state index is -0.950. The van der Waals surface area contributed by atoms with Gasteiger partial charge in [0, 0.05) is 16.7 Å². The molecule has 7 heteroatoms. The maximum atomic E-state index is 12.1. The lowest BCUT2D eigenvalue weighted by molar-refractivity contribution is -0.152. The molecule has 0 saturated heterocycles. The lowest BCUT2D eigenvalue weighted by Crippen LogP contribution is -2.25. The monoisotopic (exact) mass is 392 g/mol. The number of nitrogens with one attached hydrogen (secondary N) is 1. The van der Waals surface area contributed by atoms with E-state index < -0.39 is 11.9 Å². The lowest BCUT2D eigenvalue weighted by atomic mass is 9.88. The number of carbonyl (C=O) groups excluding carboxylic acids is 2. The summed E-state index contributed by atoms with van der Waals surface area (Å²) in [6.07, 6.45) is 1.71. The highest BCUT2D eigenvalue weighted by atomic mass is 16.5. The summed E-state index contributed by atoms with van der Waals surface area (Å²) in [5.74, 6) is -0.752. The molecule has 29 heavy (non-hydrogen) atoms. The van der Waals surface area contributed by atoms with Gasteiger partial charge in [-0.3, -0.25) is 4.79 Å². The van der Waals surface area contributed by atoms with Gasteiger partial charge in [-0.1, -0.05) is 29.4 Å². The average Bonchev–Trinajstić information content (AvgIpc) is 3.18. The molecule has 1 amide bonds. The summed E-state index contributed by atoms with van der Waals surface area (Å²) in [7, 11) is 1.49. The first-order valence-corrected chi connectivity index (χ1v) is 9.35. The molecule has 0 radical (unpaired) electrons. The minimum Gasteiger partial charge on any atom is -0.495 e. The maximum Gasteiger partial charge on any atom is 0.397 e. The standard InChI is InChI=1S/C22H20N2O5/c1-3-28-22(26)21(25)23-17-12-14(9-11-18(17)27-2)20-16-10-8-13-6-4-5-7-15(13)19(16)24-29-20/h4-7,9,11-12H,3,8,10H2,1-2H3,(H,23,25). The second-order valence-corrected chi connectivity index (χ2v) is 6.59. The molecule has 0 unspecified atom stereocenters. The van der Waals surface area contributed by atoms with Gasteiger partial charge in [0.05, 0.1) is 19.4 Å². The number of anilines is 1. The molecule has 0 saturated carbocycles. The van der Waals surface area contributed by atoms with E-state index in [1.54, 1.807) is 19.1 Å². The molecule has 7 nitrogen and oxygen atoms in total. The van der Waals surface area contributed by atoms with Crippen molar-refractivity contribution in [3.05, 3.63) is 53.6 Å². The third kappa shape index (κ3) is 3.47. The lowest BCUT2D eigenvalue weighted by Gasteiger charge is -2.15. The Morgan fingerprint density at radius 2 is 2.00 bits per heavy atom. The smallest absolute Gasteiger partial charge is 0.397 e. The van der Waals surface area contributed by atoms with E-state index in [0.717, 1.165) is 35.2 Å². The van der Waals surface area contributed by atoms with Crippen molar-refractivity contribution in [1.29, 1.82) is 0 Å². The van der Waals surface area contributed by atoms with Crippen LogP contribution in [0.15, 0.2) is 47.0 Å². The summed E-state index contributed by atoms with van der Waals surface area (Å²) < 4.78 is 15.7. The highest BCUT2D eigenvalue weighted by Gasteiger charge is 2.25. The molecular formula is C22H20N2O5. The first-order valence-electron chi connectivity index (χ1n) is 9.35. The second-order valence-electron chi connectivity index (χ2n) is 6.59. The van der Waals surface area contributed by atoms with Gasteiger partial charge in [0.2, 0.25) is 0 Å². The van der Waals surface area contributed by atoms with Crippen molar-refractivity contribution in [2.45, 2.75) is 19.8 Å². The fourth-order valence-electron chi connectivity index (χ4n) is 3.53. The normalized spacial score (nSPS) is 11.9. The average molecular weight is 392 g/mol. The number of amides is 1. The quantitative estimate of drug-likeness (QED) is 0.539. The van der Waals surface area contributed by atoms with Crippen LogP contribution < -0.4 is 10.1 Å². The van der Waals surface area contributed by atoms with E-state index in [1.807, 2.05) is 24.3 Å². The van der Waals surface area contributed by atoms with E-state index in [-0.39, 0.29) is 6.61 Å². The highest BCUT2D eigenvalue weighted by Crippen LogP contribution is 2.40. The van der Waals surface area contributed by atoms with Gasteiger partial charge in [-0.15, -0.1) is 0 Å². The number of carbonyl (C=O) groups is 2. The fraction of sp³-hybridized carbons (Fsp3) is 0.227. The summed E-state index contributed by atoms with van der Waals surface area (Å²) in [5, 5.41) is 6.84. The van der Waals surface area contributed by atoms with Gasteiger partial charge >= 0.3 is 11.9 Å². The Kier molecular flexibility index (Phi) is 5.03. The molecule has 0 spiro atoms. The Bertz CT molecular complexity index is 1090. The number of nitrogens with zero attached hydrogens (tertiary/aromatic N) is 1. The summed E-state index contributed by atoms with van der Waals surface area (Å²) >= 11 is 0. The van der Waals surface area contributed by atoms with Crippen molar-refractivity contribution in [3.63, 3.8) is 0 Å².